The van der Waals surface area contributed by atoms with Crippen molar-refractivity contribution in [3.05, 3.63) is 47.9 Å². The monoisotopic (exact) mass is 313 g/mol. The zero-order valence-corrected chi connectivity index (χ0v) is 12.1. The summed E-state index contributed by atoms with van der Waals surface area (Å²) in [5.74, 6) is 0. The molecule has 0 radical (unpaired) electrons. The van der Waals surface area contributed by atoms with Crippen LogP contribution in [0.1, 0.15) is 18.1 Å². The van der Waals surface area contributed by atoms with Crippen LogP contribution in [0.25, 0.3) is 0 Å². The van der Waals surface area contributed by atoms with Crippen LogP contribution in [0.2, 0.25) is 0 Å². The largest absolute Gasteiger partial charge is 0.417 e. The molecule has 0 amide bonds. The van der Waals surface area contributed by atoms with Crippen LogP contribution < -0.4 is 5.73 Å². The maximum absolute atomic E-state index is 13.2. The fourth-order valence-corrected chi connectivity index (χ4v) is 2.71. The first-order valence-electron chi connectivity index (χ1n) is 6.26. The number of alkyl halides is 3. The van der Waals surface area contributed by atoms with Crippen LogP contribution in [0.5, 0.6) is 0 Å². The van der Waals surface area contributed by atoms with Crippen molar-refractivity contribution in [2.75, 3.05) is 0 Å². The van der Waals surface area contributed by atoms with Gasteiger partial charge in [-0.05, 0) is 37.1 Å². The molecule has 0 aliphatic rings. The molecule has 0 fully saturated rings. The molecule has 0 aliphatic carbocycles. The Kier molecular flexibility index (Phi) is 4.84. The van der Waals surface area contributed by atoms with Gasteiger partial charge in [0.25, 0.3) is 0 Å². The van der Waals surface area contributed by atoms with Crippen molar-refractivity contribution < 1.29 is 13.2 Å². The van der Waals surface area contributed by atoms with E-state index in [1.165, 1.54) is 18.6 Å². The van der Waals surface area contributed by atoms with E-state index in [4.69, 9.17) is 5.73 Å². The molecule has 0 saturated carbocycles. The lowest BCUT2D eigenvalue weighted by atomic mass is 10.0. The van der Waals surface area contributed by atoms with Gasteiger partial charge in [-0.3, -0.25) is 0 Å². The summed E-state index contributed by atoms with van der Waals surface area (Å²) in [6, 6.07) is 5.68. The Bertz CT molecular complexity index is 600. The van der Waals surface area contributed by atoms with E-state index < -0.39 is 11.7 Å². The molecule has 2 aromatic rings. The lowest BCUT2D eigenvalue weighted by molar-refractivity contribution is -0.139. The minimum atomic E-state index is -4.41. The predicted octanol–water partition coefficient (Wildman–Crippen LogP) is 3.54. The highest BCUT2D eigenvalue weighted by molar-refractivity contribution is 7.99. The van der Waals surface area contributed by atoms with Gasteiger partial charge in [0, 0.05) is 17.1 Å². The predicted molar refractivity (Wildman–Crippen MR) is 75.0 cm³/mol. The van der Waals surface area contributed by atoms with E-state index in [0.29, 0.717) is 17.0 Å². The molecule has 21 heavy (non-hydrogen) atoms. The highest BCUT2D eigenvalue weighted by Crippen LogP contribution is 2.39. The van der Waals surface area contributed by atoms with Gasteiger partial charge in [0.05, 0.1) is 5.56 Å². The van der Waals surface area contributed by atoms with Crippen LogP contribution in [0.4, 0.5) is 13.2 Å². The van der Waals surface area contributed by atoms with Gasteiger partial charge in [0.15, 0.2) is 0 Å². The number of hydrogen-bond acceptors (Lipinski definition) is 4. The average molecular weight is 313 g/mol. The summed E-state index contributed by atoms with van der Waals surface area (Å²) in [5.41, 5.74) is 5.55. The molecule has 1 aromatic carbocycles. The van der Waals surface area contributed by atoms with Gasteiger partial charge < -0.3 is 5.73 Å². The Morgan fingerprint density at radius 2 is 2.05 bits per heavy atom. The van der Waals surface area contributed by atoms with E-state index in [1.807, 2.05) is 0 Å². The normalized spacial score (nSPS) is 13.2. The molecule has 3 nitrogen and oxygen atoms in total. The lowest BCUT2D eigenvalue weighted by Gasteiger charge is -2.14. The Labute approximate surface area is 124 Å². The fraction of sp³-hybridized carbons (Fsp3) is 0.286. The molecule has 7 heteroatoms. The second kappa shape index (κ2) is 6.44. The molecular formula is C14H14F3N3S. The smallest absolute Gasteiger partial charge is 0.328 e. The first-order chi connectivity index (χ1) is 9.86. The third-order valence-corrected chi connectivity index (χ3v) is 3.70. The maximum atomic E-state index is 13.2. The van der Waals surface area contributed by atoms with Gasteiger partial charge >= 0.3 is 6.18 Å². The Morgan fingerprint density at radius 1 is 1.29 bits per heavy atom. The summed E-state index contributed by atoms with van der Waals surface area (Å²) in [4.78, 5) is 7.80. The molecule has 1 atom stereocenters. The fourth-order valence-electron chi connectivity index (χ4n) is 1.84. The number of nitrogens with two attached hydrogens (primary N) is 1. The average Bonchev–Trinajstić information content (AvgIpc) is 2.40. The molecule has 112 valence electrons. The SMILES string of the molecule is CC(N)Cc1ccc(Sc2ccncn2)c(C(F)(F)F)c1. The summed E-state index contributed by atoms with van der Waals surface area (Å²) in [6.45, 7) is 1.76. The van der Waals surface area contributed by atoms with Crippen LogP contribution in [0.3, 0.4) is 0 Å². The molecule has 0 saturated heterocycles. The standard InChI is InChI=1S/C14H14F3N3S/c1-9(18)6-10-2-3-12(11(7-10)14(15,16)17)21-13-4-5-19-8-20-13/h2-5,7-9H,6,18H2,1H3. The lowest BCUT2D eigenvalue weighted by Crippen LogP contribution is -2.18. The van der Waals surface area contributed by atoms with Crippen LogP contribution in [0.15, 0.2) is 46.7 Å². The third kappa shape index (κ3) is 4.44. The van der Waals surface area contributed by atoms with E-state index in [0.717, 1.165) is 17.8 Å². The van der Waals surface area contributed by atoms with E-state index in [9.17, 15) is 13.2 Å². The Balaban J connectivity index is 2.36. The molecule has 1 heterocycles. The van der Waals surface area contributed by atoms with Gasteiger partial charge in [-0.15, -0.1) is 0 Å². The third-order valence-electron chi connectivity index (χ3n) is 2.68. The molecule has 2 rings (SSSR count). The van der Waals surface area contributed by atoms with Gasteiger partial charge in [-0.2, -0.15) is 13.2 Å². The van der Waals surface area contributed by atoms with Crippen molar-refractivity contribution in [3.63, 3.8) is 0 Å². The van der Waals surface area contributed by atoms with E-state index in [1.54, 1.807) is 19.1 Å². The van der Waals surface area contributed by atoms with E-state index >= 15 is 0 Å². The molecule has 1 aromatic heterocycles. The summed E-state index contributed by atoms with van der Waals surface area (Å²) < 4.78 is 39.6. The molecule has 0 bridgehead atoms. The van der Waals surface area contributed by atoms with Crippen molar-refractivity contribution in [1.29, 1.82) is 0 Å². The molecular weight excluding hydrogens is 299 g/mol. The Morgan fingerprint density at radius 3 is 2.62 bits per heavy atom. The van der Waals surface area contributed by atoms with Crippen molar-refractivity contribution in [1.82, 2.24) is 9.97 Å². The number of aromatic nitrogens is 2. The van der Waals surface area contributed by atoms with Gasteiger partial charge in [-0.1, -0.05) is 17.8 Å². The number of benzene rings is 1. The van der Waals surface area contributed by atoms with E-state index in [2.05, 4.69) is 9.97 Å². The second-order valence-electron chi connectivity index (χ2n) is 4.66. The van der Waals surface area contributed by atoms with Crippen LogP contribution in [-0.2, 0) is 12.6 Å². The van der Waals surface area contributed by atoms with Crippen LogP contribution >= 0.6 is 11.8 Å². The van der Waals surface area contributed by atoms with Crippen LogP contribution in [-0.4, -0.2) is 16.0 Å². The number of rotatable bonds is 4. The van der Waals surface area contributed by atoms with E-state index in [-0.39, 0.29) is 10.9 Å². The highest BCUT2D eigenvalue weighted by atomic mass is 32.2. The minimum absolute atomic E-state index is 0.120. The van der Waals surface area contributed by atoms with Crippen molar-refractivity contribution in [2.45, 2.75) is 35.5 Å². The first-order valence-corrected chi connectivity index (χ1v) is 7.07. The first kappa shape index (κ1) is 15.8. The van der Waals surface area contributed by atoms with Crippen molar-refractivity contribution >= 4 is 11.8 Å². The zero-order valence-electron chi connectivity index (χ0n) is 11.3. The Hall–Kier alpha value is -1.60. The van der Waals surface area contributed by atoms with Crippen LogP contribution in [0, 0.1) is 0 Å². The van der Waals surface area contributed by atoms with Gasteiger partial charge in [-0.25, -0.2) is 9.97 Å². The number of hydrogen-bond donors (Lipinski definition) is 1. The highest BCUT2D eigenvalue weighted by Gasteiger charge is 2.34. The summed E-state index contributed by atoms with van der Waals surface area (Å²) in [5, 5.41) is 0.468. The molecule has 1 unspecified atom stereocenters. The summed E-state index contributed by atoms with van der Waals surface area (Å²) >= 11 is 0.966. The summed E-state index contributed by atoms with van der Waals surface area (Å²) in [6.07, 6.45) is -1.21. The van der Waals surface area contributed by atoms with Gasteiger partial charge in [0.1, 0.15) is 11.4 Å². The number of nitrogens with zero attached hydrogens (tertiary/aromatic N) is 2. The maximum Gasteiger partial charge on any atom is 0.417 e. The van der Waals surface area contributed by atoms with Crippen molar-refractivity contribution in [2.24, 2.45) is 5.73 Å². The number of halogens is 3. The zero-order chi connectivity index (χ0) is 15.5. The molecule has 0 aliphatic heterocycles. The second-order valence-corrected chi connectivity index (χ2v) is 5.72. The summed E-state index contributed by atoms with van der Waals surface area (Å²) in [7, 11) is 0. The molecule has 2 N–H and O–H groups in total. The van der Waals surface area contributed by atoms with Crippen molar-refractivity contribution in [3.8, 4) is 0 Å². The minimum Gasteiger partial charge on any atom is -0.328 e. The molecule has 0 spiro atoms. The quantitative estimate of drug-likeness (QED) is 0.877. The van der Waals surface area contributed by atoms with Gasteiger partial charge in [0.2, 0.25) is 0 Å². The topological polar surface area (TPSA) is 51.8 Å².